The SMILES string of the molecule is CCCCCCCCCCCCCCCCCCCCCC(=O)OC[C@@H](COC(=O)CCCCCCCCCCCCC(C)C)OC(=O)CCCCCCCCCCC. The number of hydrogen-bond donors (Lipinski definition) is 0. The lowest BCUT2D eigenvalue weighted by molar-refractivity contribution is -0.167. The number of rotatable bonds is 48. The van der Waals surface area contributed by atoms with Gasteiger partial charge in [0.15, 0.2) is 6.10 Å². The summed E-state index contributed by atoms with van der Waals surface area (Å²) in [5, 5.41) is 0. The lowest BCUT2D eigenvalue weighted by atomic mass is 10.0. The van der Waals surface area contributed by atoms with Crippen LogP contribution in [0.15, 0.2) is 0 Å². The average molecular weight is 835 g/mol. The predicted octanol–water partition coefficient (Wildman–Crippen LogP) is 17.1. The normalized spacial score (nSPS) is 11.9. The van der Waals surface area contributed by atoms with Crippen molar-refractivity contribution >= 4 is 17.9 Å². The summed E-state index contributed by atoms with van der Waals surface area (Å²) >= 11 is 0. The molecule has 0 N–H and O–H groups in total. The predicted molar refractivity (Wildman–Crippen MR) is 252 cm³/mol. The largest absolute Gasteiger partial charge is 0.462 e. The van der Waals surface area contributed by atoms with Crippen LogP contribution in [0, 0.1) is 5.92 Å². The molecular formula is C53H102O6. The van der Waals surface area contributed by atoms with Gasteiger partial charge in [0.1, 0.15) is 13.2 Å². The topological polar surface area (TPSA) is 78.9 Å². The summed E-state index contributed by atoms with van der Waals surface area (Å²) in [6, 6.07) is 0. The first kappa shape index (κ1) is 57.4. The van der Waals surface area contributed by atoms with Crippen LogP contribution < -0.4 is 0 Å². The maximum absolute atomic E-state index is 12.7. The summed E-state index contributed by atoms with van der Waals surface area (Å²) in [4.78, 5) is 37.9. The molecule has 0 heterocycles. The molecule has 0 radical (unpaired) electrons. The van der Waals surface area contributed by atoms with E-state index in [-0.39, 0.29) is 31.1 Å². The molecule has 0 fully saturated rings. The van der Waals surface area contributed by atoms with Gasteiger partial charge in [-0.1, -0.05) is 259 Å². The van der Waals surface area contributed by atoms with Gasteiger partial charge in [0.25, 0.3) is 0 Å². The van der Waals surface area contributed by atoms with E-state index < -0.39 is 6.10 Å². The fraction of sp³-hybridized carbons (Fsp3) is 0.943. The van der Waals surface area contributed by atoms with Gasteiger partial charge in [0.2, 0.25) is 0 Å². The van der Waals surface area contributed by atoms with E-state index in [9.17, 15) is 14.4 Å². The molecule has 0 rings (SSSR count). The Bertz CT molecular complexity index is 887. The van der Waals surface area contributed by atoms with Crippen molar-refractivity contribution < 1.29 is 28.6 Å². The highest BCUT2D eigenvalue weighted by atomic mass is 16.6. The van der Waals surface area contributed by atoms with E-state index in [2.05, 4.69) is 27.7 Å². The lowest BCUT2D eigenvalue weighted by Gasteiger charge is -2.18. The van der Waals surface area contributed by atoms with Crippen molar-refractivity contribution in [1.82, 2.24) is 0 Å². The highest BCUT2D eigenvalue weighted by Crippen LogP contribution is 2.17. The Morgan fingerprint density at radius 3 is 0.831 bits per heavy atom. The molecule has 0 bridgehead atoms. The number of hydrogen-bond acceptors (Lipinski definition) is 6. The third kappa shape index (κ3) is 47.3. The molecule has 350 valence electrons. The zero-order valence-corrected chi connectivity index (χ0v) is 40.2. The zero-order valence-electron chi connectivity index (χ0n) is 40.2. The summed E-state index contributed by atoms with van der Waals surface area (Å²) < 4.78 is 16.8. The van der Waals surface area contributed by atoms with E-state index in [0.29, 0.717) is 19.3 Å². The summed E-state index contributed by atoms with van der Waals surface area (Å²) in [7, 11) is 0. The van der Waals surface area contributed by atoms with Crippen molar-refractivity contribution in [3.63, 3.8) is 0 Å². The van der Waals surface area contributed by atoms with Crippen LogP contribution in [0.2, 0.25) is 0 Å². The third-order valence-electron chi connectivity index (χ3n) is 12.0. The van der Waals surface area contributed by atoms with Crippen LogP contribution in [-0.4, -0.2) is 37.2 Å². The van der Waals surface area contributed by atoms with Crippen LogP contribution in [0.1, 0.15) is 297 Å². The van der Waals surface area contributed by atoms with Crippen molar-refractivity contribution in [2.24, 2.45) is 5.92 Å². The van der Waals surface area contributed by atoms with Gasteiger partial charge in [-0.2, -0.15) is 0 Å². The number of carbonyl (C=O) groups is 3. The van der Waals surface area contributed by atoms with Crippen LogP contribution in [-0.2, 0) is 28.6 Å². The number of unbranched alkanes of at least 4 members (excludes halogenated alkanes) is 35. The summed E-state index contributed by atoms with van der Waals surface area (Å²) in [6.07, 6.45) is 49.6. The van der Waals surface area contributed by atoms with Crippen molar-refractivity contribution in [1.29, 1.82) is 0 Å². The van der Waals surface area contributed by atoms with E-state index in [0.717, 1.165) is 63.7 Å². The van der Waals surface area contributed by atoms with Crippen LogP contribution >= 0.6 is 0 Å². The second kappa shape index (κ2) is 47.5. The molecule has 6 nitrogen and oxygen atoms in total. The summed E-state index contributed by atoms with van der Waals surface area (Å²) in [6.45, 7) is 9.00. The minimum atomic E-state index is -0.760. The molecule has 0 spiro atoms. The Hall–Kier alpha value is -1.59. The van der Waals surface area contributed by atoms with Gasteiger partial charge in [0.05, 0.1) is 0 Å². The Labute approximate surface area is 368 Å². The van der Waals surface area contributed by atoms with Gasteiger partial charge in [-0.05, 0) is 25.2 Å². The second-order valence-electron chi connectivity index (χ2n) is 18.6. The molecule has 0 amide bonds. The minimum Gasteiger partial charge on any atom is -0.462 e. The van der Waals surface area contributed by atoms with Crippen molar-refractivity contribution in [3.05, 3.63) is 0 Å². The number of esters is 3. The van der Waals surface area contributed by atoms with Gasteiger partial charge < -0.3 is 14.2 Å². The van der Waals surface area contributed by atoms with Crippen LogP contribution in [0.5, 0.6) is 0 Å². The van der Waals surface area contributed by atoms with Crippen LogP contribution in [0.4, 0.5) is 0 Å². The Morgan fingerprint density at radius 2 is 0.559 bits per heavy atom. The van der Waals surface area contributed by atoms with Gasteiger partial charge in [0, 0.05) is 19.3 Å². The zero-order chi connectivity index (χ0) is 43.1. The minimum absolute atomic E-state index is 0.0630. The molecule has 0 aromatic rings. The molecule has 59 heavy (non-hydrogen) atoms. The van der Waals surface area contributed by atoms with Gasteiger partial charge in [-0.25, -0.2) is 0 Å². The smallest absolute Gasteiger partial charge is 0.306 e. The van der Waals surface area contributed by atoms with E-state index in [4.69, 9.17) is 14.2 Å². The second-order valence-corrected chi connectivity index (χ2v) is 18.6. The maximum Gasteiger partial charge on any atom is 0.306 e. The molecule has 0 aliphatic heterocycles. The first-order chi connectivity index (χ1) is 28.9. The quantitative estimate of drug-likeness (QED) is 0.0345. The van der Waals surface area contributed by atoms with E-state index in [1.807, 2.05) is 0 Å². The molecule has 0 unspecified atom stereocenters. The number of carbonyl (C=O) groups excluding carboxylic acids is 3. The highest BCUT2D eigenvalue weighted by molar-refractivity contribution is 5.71. The van der Waals surface area contributed by atoms with Gasteiger partial charge in [-0.15, -0.1) is 0 Å². The maximum atomic E-state index is 12.7. The van der Waals surface area contributed by atoms with Crippen LogP contribution in [0.3, 0.4) is 0 Å². The first-order valence-corrected chi connectivity index (χ1v) is 26.4. The standard InChI is InChI=1S/C53H102O6/c1-5-7-9-11-13-15-16-17-18-19-20-21-22-23-24-29-32-36-40-44-51(54)57-47-50(59-53(56)46-42-38-34-27-14-12-10-8-6-2)48-58-52(55)45-41-37-33-30-26-25-28-31-35-39-43-49(3)4/h49-50H,5-48H2,1-4H3/t50-/m0/s1. The van der Waals surface area contributed by atoms with E-state index >= 15 is 0 Å². The molecule has 1 atom stereocenters. The monoisotopic (exact) mass is 835 g/mol. The molecular weight excluding hydrogens is 733 g/mol. The molecule has 6 heteroatoms. The fourth-order valence-electron chi connectivity index (χ4n) is 8.04. The van der Waals surface area contributed by atoms with Gasteiger partial charge >= 0.3 is 17.9 Å². The van der Waals surface area contributed by atoms with Crippen molar-refractivity contribution in [2.45, 2.75) is 303 Å². The fourth-order valence-corrected chi connectivity index (χ4v) is 8.04. The van der Waals surface area contributed by atoms with Crippen molar-refractivity contribution in [3.8, 4) is 0 Å². The molecule has 0 saturated carbocycles. The first-order valence-electron chi connectivity index (χ1n) is 26.4. The third-order valence-corrected chi connectivity index (χ3v) is 12.0. The number of ether oxygens (including phenoxy) is 3. The molecule has 0 aromatic heterocycles. The van der Waals surface area contributed by atoms with Crippen LogP contribution in [0.25, 0.3) is 0 Å². The van der Waals surface area contributed by atoms with Gasteiger partial charge in [-0.3, -0.25) is 14.4 Å². The molecule has 0 aliphatic carbocycles. The Balaban J connectivity index is 4.19. The highest BCUT2D eigenvalue weighted by Gasteiger charge is 2.19. The summed E-state index contributed by atoms with van der Waals surface area (Å²) in [5.74, 6) is -0.0290. The lowest BCUT2D eigenvalue weighted by Crippen LogP contribution is -2.30. The molecule has 0 aliphatic rings. The van der Waals surface area contributed by atoms with E-state index in [1.165, 1.54) is 193 Å². The Kier molecular flexibility index (Phi) is 46.2. The average Bonchev–Trinajstić information content (AvgIpc) is 3.22. The summed E-state index contributed by atoms with van der Waals surface area (Å²) in [5.41, 5.74) is 0. The van der Waals surface area contributed by atoms with Crippen molar-refractivity contribution in [2.75, 3.05) is 13.2 Å². The Morgan fingerprint density at radius 1 is 0.322 bits per heavy atom. The molecule has 0 saturated heterocycles. The molecule has 0 aromatic carbocycles. The van der Waals surface area contributed by atoms with E-state index in [1.54, 1.807) is 0 Å².